The number of amides is 2. The summed E-state index contributed by atoms with van der Waals surface area (Å²) in [6, 6.07) is 5.65. The Kier molecular flexibility index (Phi) is 3.37. The molecule has 0 atom stereocenters. The van der Waals surface area contributed by atoms with Gasteiger partial charge >= 0.3 is 0 Å². The van der Waals surface area contributed by atoms with Gasteiger partial charge in [0, 0.05) is 11.7 Å². The van der Waals surface area contributed by atoms with Crippen molar-refractivity contribution in [1.29, 1.82) is 0 Å². The van der Waals surface area contributed by atoms with Gasteiger partial charge in [-0.3, -0.25) is 9.59 Å². The van der Waals surface area contributed by atoms with E-state index < -0.39 is 5.91 Å². The lowest BCUT2D eigenvalue weighted by atomic mass is 10.3. The van der Waals surface area contributed by atoms with Crippen LogP contribution in [-0.4, -0.2) is 17.9 Å². The average Bonchev–Trinajstić information content (AvgIpc) is 3.05. The Labute approximate surface area is 98.2 Å². The van der Waals surface area contributed by atoms with Crippen LogP contribution < -0.4 is 10.6 Å². The molecule has 17 heavy (non-hydrogen) atoms. The Morgan fingerprint density at radius 1 is 1.18 bits per heavy atom. The minimum atomic E-state index is -0.394. The number of anilines is 1. The quantitative estimate of drug-likeness (QED) is 0.777. The molecular formula is C12H13FN2O2. The minimum Gasteiger partial charge on any atom is -0.353 e. The van der Waals surface area contributed by atoms with E-state index in [0.717, 1.165) is 12.8 Å². The molecule has 90 valence electrons. The Hall–Kier alpha value is -1.91. The fourth-order valence-electron chi connectivity index (χ4n) is 1.39. The van der Waals surface area contributed by atoms with Gasteiger partial charge in [-0.05, 0) is 37.1 Å². The third-order valence-corrected chi connectivity index (χ3v) is 2.39. The first-order valence-corrected chi connectivity index (χ1v) is 5.48. The Morgan fingerprint density at radius 3 is 2.41 bits per heavy atom. The second-order valence-corrected chi connectivity index (χ2v) is 4.07. The lowest BCUT2D eigenvalue weighted by Crippen LogP contribution is -2.29. The van der Waals surface area contributed by atoms with E-state index in [1.54, 1.807) is 0 Å². The van der Waals surface area contributed by atoms with Crippen LogP contribution >= 0.6 is 0 Å². The van der Waals surface area contributed by atoms with Gasteiger partial charge < -0.3 is 10.6 Å². The fraction of sp³-hybridized carbons (Fsp3) is 0.333. The molecule has 0 bridgehead atoms. The van der Waals surface area contributed by atoms with Gasteiger partial charge in [-0.1, -0.05) is 0 Å². The van der Waals surface area contributed by atoms with Crippen LogP contribution in [0.4, 0.5) is 10.1 Å². The molecular weight excluding hydrogens is 223 g/mol. The van der Waals surface area contributed by atoms with E-state index in [4.69, 9.17) is 0 Å². The van der Waals surface area contributed by atoms with E-state index in [-0.39, 0.29) is 24.2 Å². The van der Waals surface area contributed by atoms with Crippen LogP contribution in [-0.2, 0) is 9.59 Å². The van der Waals surface area contributed by atoms with Crippen molar-refractivity contribution in [3.8, 4) is 0 Å². The molecule has 1 aliphatic carbocycles. The van der Waals surface area contributed by atoms with Gasteiger partial charge in [-0.2, -0.15) is 0 Å². The smallest absolute Gasteiger partial charge is 0.233 e. The molecule has 4 nitrogen and oxygen atoms in total. The number of hydrogen-bond donors (Lipinski definition) is 2. The van der Waals surface area contributed by atoms with Crippen molar-refractivity contribution >= 4 is 17.5 Å². The topological polar surface area (TPSA) is 58.2 Å². The number of carbonyl (C=O) groups excluding carboxylic acids is 2. The van der Waals surface area contributed by atoms with Crippen LogP contribution in [0.25, 0.3) is 0 Å². The molecule has 1 aromatic carbocycles. The molecule has 0 unspecified atom stereocenters. The standard InChI is InChI=1S/C12H13FN2O2/c13-8-1-3-9(4-2-8)14-11(16)7-12(17)15-10-5-6-10/h1-4,10H,5-7H2,(H,14,16)(H,15,17). The van der Waals surface area contributed by atoms with Crippen LogP contribution in [0.1, 0.15) is 19.3 Å². The third kappa shape index (κ3) is 3.86. The van der Waals surface area contributed by atoms with Gasteiger partial charge in [0.1, 0.15) is 12.2 Å². The van der Waals surface area contributed by atoms with Crippen molar-refractivity contribution in [2.75, 3.05) is 5.32 Å². The van der Waals surface area contributed by atoms with Crippen molar-refractivity contribution in [3.63, 3.8) is 0 Å². The fourth-order valence-corrected chi connectivity index (χ4v) is 1.39. The second-order valence-electron chi connectivity index (χ2n) is 4.07. The number of rotatable bonds is 4. The summed E-state index contributed by atoms with van der Waals surface area (Å²) in [7, 11) is 0. The van der Waals surface area contributed by atoms with Crippen LogP contribution in [0.2, 0.25) is 0 Å². The molecule has 0 saturated heterocycles. The van der Waals surface area contributed by atoms with Crippen molar-refractivity contribution in [2.45, 2.75) is 25.3 Å². The molecule has 0 heterocycles. The van der Waals surface area contributed by atoms with E-state index >= 15 is 0 Å². The average molecular weight is 236 g/mol. The normalized spacial score (nSPS) is 14.2. The van der Waals surface area contributed by atoms with Crippen LogP contribution in [0.5, 0.6) is 0 Å². The zero-order valence-corrected chi connectivity index (χ0v) is 9.20. The zero-order valence-electron chi connectivity index (χ0n) is 9.20. The first-order chi connectivity index (χ1) is 8.13. The molecule has 0 radical (unpaired) electrons. The van der Waals surface area contributed by atoms with Crippen molar-refractivity contribution < 1.29 is 14.0 Å². The predicted molar refractivity (Wildman–Crippen MR) is 60.8 cm³/mol. The van der Waals surface area contributed by atoms with E-state index in [0.29, 0.717) is 5.69 Å². The van der Waals surface area contributed by atoms with Crippen LogP contribution in [0.15, 0.2) is 24.3 Å². The van der Waals surface area contributed by atoms with Gasteiger partial charge in [0.2, 0.25) is 11.8 Å². The number of benzene rings is 1. The number of carbonyl (C=O) groups is 2. The molecule has 1 aliphatic rings. The summed E-state index contributed by atoms with van der Waals surface area (Å²) in [5, 5.41) is 5.25. The number of halogens is 1. The van der Waals surface area contributed by atoms with E-state index in [1.165, 1.54) is 24.3 Å². The molecule has 2 N–H and O–H groups in total. The van der Waals surface area contributed by atoms with Crippen LogP contribution in [0.3, 0.4) is 0 Å². The summed E-state index contributed by atoms with van der Waals surface area (Å²) in [6.07, 6.45) is 1.78. The van der Waals surface area contributed by atoms with Gasteiger partial charge in [-0.25, -0.2) is 4.39 Å². The summed E-state index contributed by atoms with van der Waals surface area (Å²) >= 11 is 0. The van der Waals surface area contributed by atoms with Gasteiger partial charge in [0.25, 0.3) is 0 Å². The monoisotopic (exact) mass is 236 g/mol. The van der Waals surface area contributed by atoms with E-state index in [1.807, 2.05) is 0 Å². The molecule has 5 heteroatoms. The molecule has 1 saturated carbocycles. The molecule has 2 amide bonds. The maximum Gasteiger partial charge on any atom is 0.233 e. The first kappa shape index (κ1) is 11.6. The Balaban J connectivity index is 1.79. The maximum atomic E-state index is 12.6. The highest BCUT2D eigenvalue weighted by molar-refractivity contribution is 6.03. The van der Waals surface area contributed by atoms with E-state index in [2.05, 4.69) is 10.6 Å². The Bertz CT molecular complexity index is 427. The van der Waals surface area contributed by atoms with Gasteiger partial charge in [0.05, 0.1) is 0 Å². The van der Waals surface area contributed by atoms with Gasteiger partial charge in [0.15, 0.2) is 0 Å². The highest BCUT2D eigenvalue weighted by atomic mass is 19.1. The van der Waals surface area contributed by atoms with Crippen molar-refractivity contribution in [1.82, 2.24) is 5.32 Å². The number of hydrogen-bond acceptors (Lipinski definition) is 2. The molecule has 2 rings (SSSR count). The van der Waals surface area contributed by atoms with Gasteiger partial charge in [-0.15, -0.1) is 0 Å². The molecule has 1 fully saturated rings. The summed E-state index contributed by atoms with van der Waals surface area (Å²) < 4.78 is 12.6. The highest BCUT2D eigenvalue weighted by Crippen LogP contribution is 2.18. The summed E-state index contributed by atoms with van der Waals surface area (Å²) in [5.74, 6) is -1.03. The Morgan fingerprint density at radius 2 is 1.82 bits per heavy atom. The predicted octanol–water partition coefficient (Wildman–Crippen LogP) is 1.43. The van der Waals surface area contributed by atoms with Crippen molar-refractivity contribution in [3.05, 3.63) is 30.1 Å². The summed E-state index contributed by atoms with van der Waals surface area (Å²) in [4.78, 5) is 22.8. The van der Waals surface area contributed by atoms with Crippen molar-refractivity contribution in [2.24, 2.45) is 0 Å². The molecule has 0 aromatic heterocycles. The lowest BCUT2D eigenvalue weighted by molar-refractivity contribution is -0.126. The third-order valence-electron chi connectivity index (χ3n) is 2.39. The second kappa shape index (κ2) is 4.95. The zero-order chi connectivity index (χ0) is 12.3. The molecule has 1 aromatic rings. The summed E-state index contributed by atoms with van der Waals surface area (Å²) in [5.41, 5.74) is 0.482. The lowest BCUT2D eigenvalue weighted by Gasteiger charge is -2.05. The SMILES string of the molecule is O=C(CC(=O)NC1CC1)Nc1ccc(F)cc1. The highest BCUT2D eigenvalue weighted by Gasteiger charge is 2.24. The number of nitrogens with one attached hydrogen (secondary N) is 2. The minimum absolute atomic E-state index is 0.201. The largest absolute Gasteiger partial charge is 0.353 e. The molecule has 0 spiro atoms. The van der Waals surface area contributed by atoms with E-state index in [9.17, 15) is 14.0 Å². The molecule has 0 aliphatic heterocycles. The summed E-state index contributed by atoms with van der Waals surface area (Å²) in [6.45, 7) is 0. The van der Waals surface area contributed by atoms with Crippen LogP contribution in [0, 0.1) is 5.82 Å². The maximum absolute atomic E-state index is 12.6. The first-order valence-electron chi connectivity index (χ1n) is 5.48.